The van der Waals surface area contributed by atoms with Crippen molar-refractivity contribution in [3.63, 3.8) is 0 Å². The highest BCUT2D eigenvalue weighted by atomic mass is 16.3. The number of fused-ring (bicyclic) bond motifs is 1. The summed E-state index contributed by atoms with van der Waals surface area (Å²) in [6.07, 6.45) is 8.24. The van der Waals surface area contributed by atoms with Crippen LogP contribution in [0.25, 0.3) is 0 Å². The van der Waals surface area contributed by atoms with E-state index in [-0.39, 0.29) is 39.9 Å². The Balaban J connectivity index is 1.40. The van der Waals surface area contributed by atoms with Crippen molar-refractivity contribution in [1.82, 2.24) is 9.80 Å². The summed E-state index contributed by atoms with van der Waals surface area (Å²) in [6.45, 7) is 6.90. The average molecular weight is 477 g/mol. The van der Waals surface area contributed by atoms with Crippen molar-refractivity contribution in [1.29, 1.82) is 0 Å². The van der Waals surface area contributed by atoms with Gasteiger partial charge in [-0.05, 0) is 92.5 Å². The van der Waals surface area contributed by atoms with Crippen LogP contribution in [0.3, 0.4) is 0 Å². The van der Waals surface area contributed by atoms with Crippen LogP contribution in [0.15, 0.2) is 45.8 Å². The third-order valence-electron chi connectivity index (χ3n) is 10.2. The minimum absolute atomic E-state index is 0.0428. The third kappa shape index (κ3) is 3.32. The molecule has 1 amide bonds. The maximum Gasteiger partial charge on any atom is 0.289 e. The highest BCUT2D eigenvalue weighted by Crippen LogP contribution is 2.68. The van der Waals surface area contributed by atoms with E-state index in [2.05, 4.69) is 24.8 Å². The maximum atomic E-state index is 13.3. The molecule has 1 saturated heterocycles. The summed E-state index contributed by atoms with van der Waals surface area (Å²) in [4.78, 5) is 29.7. The highest BCUT2D eigenvalue weighted by Gasteiger charge is 2.67. The number of hydrogen-bond acceptors (Lipinski definition) is 5. The largest absolute Gasteiger partial charge is 0.508 e. The molecule has 1 N–H and O–H groups in total. The summed E-state index contributed by atoms with van der Waals surface area (Å²) in [7, 11) is 1.83. The van der Waals surface area contributed by atoms with Gasteiger partial charge in [0.15, 0.2) is 11.2 Å². The SMILES string of the molecule is CC(C1CCC2(C)C3Cc4ccc(O)cc4C12CCN3CC1CC1)N(C)C(=O)c1cc(=O)cco1. The Morgan fingerprint density at radius 1 is 1.23 bits per heavy atom. The molecule has 186 valence electrons. The van der Waals surface area contributed by atoms with E-state index in [9.17, 15) is 14.7 Å². The summed E-state index contributed by atoms with van der Waals surface area (Å²) >= 11 is 0. The number of carbonyl (C=O) groups excluding carboxylic acids is 1. The number of phenolic OH excluding ortho intramolecular Hbond substituents is 1. The molecule has 2 aromatic rings. The summed E-state index contributed by atoms with van der Waals surface area (Å²) in [5.41, 5.74) is 2.41. The molecule has 2 heterocycles. The number of aromatic hydroxyl groups is 1. The number of rotatable bonds is 5. The van der Waals surface area contributed by atoms with Crippen molar-refractivity contribution in [2.45, 2.75) is 69.9 Å². The number of amides is 1. The Labute approximate surface area is 206 Å². The van der Waals surface area contributed by atoms with E-state index < -0.39 is 0 Å². The molecule has 3 aliphatic carbocycles. The molecule has 2 saturated carbocycles. The number of nitrogens with zero attached hydrogens (tertiary/aromatic N) is 2. The van der Waals surface area contributed by atoms with E-state index in [0.717, 1.165) is 38.1 Å². The lowest BCUT2D eigenvalue weighted by Gasteiger charge is -2.63. The summed E-state index contributed by atoms with van der Waals surface area (Å²) in [6, 6.07) is 9.03. The lowest BCUT2D eigenvalue weighted by Crippen LogP contribution is -2.67. The lowest BCUT2D eigenvalue weighted by molar-refractivity contribution is -0.0627. The van der Waals surface area contributed by atoms with Gasteiger partial charge in [0, 0.05) is 43.2 Å². The Bertz CT molecular complexity index is 1220. The van der Waals surface area contributed by atoms with Gasteiger partial charge in [-0.1, -0.05) is 13.0 Å². The standard InChI is InChI=1S/C29H36N2O4/c1-18(30(3)27(34)25-16-22(33)9-13-35-25)23-8-10-28(2)26-14-20-6-7-21(32)15-24(20)29(23,28)11-12-31(26)17-19-4-5-19/h6-7,9,13,15-16,18-19,23,26,32H,4-5,8,10-12,14,17H2,1-3H3. The second kappa shape index (κ2) is 7.95. The Morgan fingerprint density at radius 3 is 2.77 bits per heavy atom. The number of phenols is 1. The normalized spacial score (nSPS) is 32.5. The molecule has 1 aromatic heterocycles. The summed E-state index contributed by atoms with van der Waals surface area (Å²) in [5, 5.41) is 10.5. The van der Waals surface area contributed by atoms with Gasteiger partial charge in [-0.25, -0.2) is 0 Å². The van der Waals surface area contributed by atoms with Gasteiger partial charge in [0.2, 0.25) is 0 Å². The van der Waals surface area contributed by atoms with Gasteiger partial charge in [-0.15, -0.1) is 0 Å². The van der Waals surface area contributed by atoms with Crippen LogP contribution in [-0.2, 0) is 11.8 Å². The summed E-state index contributed by atoms with van der Waals surface area (Å²) in [5.74, 6) is 1.27. The maximum absolute atomic E-state index is 13.3. The van der Waals surface area contributed by atoms with Gasteiger partial charge >= 0.3 is 0 Å². The second-order valence-electron chi connectivity index (χ2n) is 11.8. The molecule has 1 aliphatic heterocycles. The predicted molar refractivity (Wildman–Crippen MR) is 134 cm³/mol. The van der Waals surface area contributed by atoms with Crippen molar-refractivity contribution in [3.05, 3.63) is 63.7 Å². The van der Waals surface area contributed by atoms with Crippen LogP contribution in [0, 0.1) is 17.3 Å². The molecule has 6 rings (SSSR count). The van der Waals surface area contributed by atoms with Crippen molar-refractivity contribution < 1.29 is 14.3 Å². The fourth-order valence-electron chi connectivity index (χ4n) is 8.15. The van der Waals surface area contributed by atoms with Gasteiger partial charge in [0.25, 0.3) is 5.91 Å². The van der Waals surface area contributed by atoms with Gasteiger partial charge in [0.05, 0.1) is 6.26 Å². The van der Waals surface area contributed by atoms with E-state index in [1.165, 1.54) is 48.9 Å². The molecule has 0 radical (unpaired) electrons. The molecule has 2 bridgehead atoms. The zero-order valence-electron chi connectivity index (χ0n) is 21.0. The Kier molecular flexibility index (Phi) is 5.19. The van der Waals surface area contributed by atoms with Crippen LogP contribution >= 0.6 is 0 Å². The Hall–Kier alpha value is -2.60. The molecule has 3 fully saturated rings. The number of likely N-dealkylation sites (tertiary alicyclic amines) is 1. The molecule has 0 spiro atoms. The predicted octanol–water partition coefficient (Wildman–Crippen LogP) is 4.20. The van der Waals surface area contributed by atoms with Gasteiger partial charge in [0.1, 0.15) is 5.75 Å². The van der Waals surface area contributed by atoms with Crippen LogP contribution in [0.5, 0.6) is 5.75 Å². The molecule has 5 atom stereocenters. The Morgan fingerprint density at radius 2 is 2.03 bits per heavy atom. The smallest absolute Gasteiger partial charge is 0.289 e. The van der Waals surface area contributed by atoms with E-state index in [4.69, 9.17) is 4.42 Å². The van der Waals surface area contributed by atoms with Crippen LogP contribution in [0.2, 0.25) is 0 Å². The molecule has 35 heavy (non-hydrogen) atoms. The fourth-order valence-corrected chi connectivity index (χ4v) is 8.15. The van der Waals surface area contributed by atoms with Crippen molar-refractivity contribution in [3.8, 4) is 5.75 Å². The quantitative estimate of drug-likeness (QED) is 0.700. The molecular weight excluding hydrogens is 440 g/mol. The van der Waals surface area contributed by atoms with E-state index >= 15 is 0 Å². The first kappa shape index (κ1) is 22.8. The first-order valence-corrected chi connectivity index (χ1v) is 13.2. The third-order valence-corrected chi connectivity index (χ3v) is 10.2. The van der Waals surface area contributed by atoms with Crippen LogP contribution in [0.1, 0.15) is 67.6 Å². The van der Waals surface area contributed by atoms with Crippen LogP contribution in [0.4, 0.5) is 0 Å². The van der Waals surface area contributed by atoms with E-state index in [0.29, 0.717) is 11.8 Å². The van der Waals surface area contributed by atoms with Gasteiger partial charge < -0.3 is 14.4 Å². The second-order valence-corrected chi connectivity index (χ2v) is 11.8. The molecule has 1 aromatic carbocycles. The first-order valence-electron chi connectivity index (χ1n) is 13.2. The molecule has 4 aliphatic rings. The lowest BCUT2D eigenvalue weighted by atomic mass is 9.48. The van der Waals surface area contributed by atoms with Crippen molar-refractivity contribution >= 4 is 5.91 Å². The van der Waals surface area contributed by atoms with Gasteiger partial charge in [-0.3, -0.25) is 14.5 Å². The molecule has 5 unspecified atom stereocenters. The van der Waals surface area contributed by atoms with Gasteiger partial charge in [-0.2, -0.15) is 0 Å². The zero-order chi connectivity index (χ0) is 24.5. The number of benzene rings is 1. The first-order chi connectivity index (χ1) is 16.7. The number of hydrogen-bond donors (Lipinski definition) is 1. The summed E-state index contributed by atoms with van der Waals surface area (Å²) < 4.78 is 5.41. The van der Waals surface area contributed by atoms with Crippen LogP contribution < -0.4 is 5.43 Å². The highest BCUT2D eigenvalue weighted by molar-refractivity contribution is 5.91. The average Bonchev–Trinajstić information content (AvgIpc) is 3.59. The van der Waals surface area contributed by atoms with E-state index in [1.807, 2.05) is 19.2 Å². The number of piperidine rings is 1. The molecule has 6 heteroatoms. The van der Waals surface area contributed by atoms with Crippen molar-refractivity contribution in [2.75, 3.05) is 20.1 Å². The zero-order valence-corrected chi connectivity index (χ0v) is 21.0. The molecule has 6 nitrogen and oxygen atoms in total. The minimum atomic E-state index is -0.255. The van der Waals surface area contributed by atoms with Crippen LogP contribution in [-0.4, -0.2) is 53.0 Å². The monoisotopic (exact) mass is 476 g/mol. The van der Waals surface area contributed by atoms with E-state index in [1.54, 1.807) is 4.90 Å². The molecular formula is C29H36N2O4. The minimum Gasteiger partial charge on any atom is -0.508 e. The van der Waals surface area contributed by atoms with Crippen molar-refractivity contribution in [2.24, 2.45) is 17.3 Å². The fraction of sp³-hybridized carbons (Fsp3) is 0.586. The topological polar surface area (TPSA) is 74.0 Å². The number of carbonyl (C=O) groups is 1.